The van der Waals surface area contributed by atoms with E-state index >= 15 is 0 Å². The molecule has 1 atom stereocenters. The standard InChI is InChI=1S/C19H23FN2O2/c1-15(16-7-3-2-4-8-16)22-19(23)21-13-5-6-14-24-18-11-9-17(20)10-12-18/h2-4,7-12,15H,5-6,13-14H2,1H3,(H2,21,22,23). The van der Waals surface area contributed by atoms with Gasteiger partial charge in [-0.2, -0.15) is 0 Å². The Morgan fingerprint density at radius 2 is 1.79 bits per heavy atom. The second kappa shape index (κ2) is 9.55. The van der Waals surface area contributed by atoms with Crippen molar-refractivity contribution in [3.8, 4) is 5.75 Å². The van der Waals surface area contributed by atoms with Crippen LogP contribution in [0.25, 0.3) is 0 Å². The summed E-state index contributed by atoms with van der Waals surface area (Å²) in [5.41, 5.74) is 1.07. The van der Waals surface area contributed by atoms with Crippen molar-refractivity contribution < 1.29 is 13.9 Å². The van der Waals surface area contributed by atoms with Crippen molar-refractivity contribution in [2.24, 2.45) is 0 Å². The number of ether oxygens (including phenoxy) is 1. The quantitative estimate of drug-likeness (QED) is 0.718. The molecule has 4 nitrogen and oxygen atoms in total. The van der Waals surface area contributed by atoms with Crippen molar-refractivity contribution in [3.63, 3.8) is 0 Å². The van der Waals surface area contributed by atoms with Crippen LogP contribution < -0.4 is 15.4 Å². The highest BCUT2D eigenvalue weighted by molar-refractivity contribution is 5.74. The van der Waals surface area contributed by atoms with Gasteiger partial charge in [-0.25, -0.2) is 9.18 Å². The van der Waals surface area contributed by atoms with Crippen LogP contribution in [-0.4, -0.2) is 19.2 Å². The highest BCUT2D eigenvalue weighted by Gasteiger charge is 2.07. The minimum Gasteiger partial charge on any atom is -0.494 e. The molecule has 0 fully saturated rings. The highest BCUT2D eigenvalue weighted by atomic mass is 19.1. The zero-order valence-electron chi connectivity index (χ0n) is 13.8. The van der Waals surface area contributed by atoms with E-state index in [2.05, 4.69) is 10.6 Å². The van der Waals surface area contributed by atoms with Crippen LogP contribution in [0, 0.1) is 5.82 Å². The van der Waals surface area contributed by atoms with Gasteiger partial charge in [0.25, 0.3) is 0 Å². The maximum atomic E-state index is 12.7. The van der Waals surface area contributed by atoms with Crippen LogP contribution in [0.4, 0.5) is 9.18 Å². The maximum absolute atomic E-state index is 12.7. The Kier molecular flexibility index (Phi) is 7.08. The molecule has 0 bridgehead atoms. The average molecular weight is 330 g/mol. The Labute approximate surface area is 142 Å². The summed E-state index contributed by atoms with van der Waals surface area (Å²) in [4.78, 5) is 11.8. The molecule has 5 heteroatoms. The number of nitrogens with one attached hydrogen (secondary N) is 2. The molecule has 2 amide bonds. The lowest BCUT2D eigenvalue weighted by molar-refractivity contribution is 0.237. The Morgan fingerprint density at radius 1 is 1.08 bits per heavy atom. The largest absolute Gasteiger partial charge is 0.494 e. The van der Waals surface area contributed by atoms with E-state index < -0.39 is 0 Å². The summed E-state index contributed by atoms with van der Waals surface area (Å²) in [6.07, 6.45) is 1.63. The summed E-state index contributed by atoms with van der Waals surface area (Å²) in [6.45, 7) is 3.07. The number of hydrogen-bond acceptors (Lipinski definition) is 2. The van der Waals surface area contributed by atoms with E-state index in [1.54, 1.807) is 12.1 Å². The molecule has 0 aliphatic carbocycles. The van der Waals surface area contributed by atoms with Gasteiger partial charge in [-0.15, -0.1) is 0 Å². The van der Waals surface area contributed by atoms with Gasteiger partial charge in [0.2, 0.25) is 0 Å². The van der Waals surface area contributed by atoms with E-state index in [9.17, 15) is 9.18 Å². The van der Waals surface area contributed by atoms with E-state index in [4.69, 9.17) is 4.74 Å². The summed E-state index contributed by atoms with van der Waals surface area (Å²) in [5.74, 6) is 0.376. The van der Waals surface area contributed by atoms with Gasteiger partial charge in [0.15, 0.2) is 0 Å². The molecule has 0 spiro atoms. The molecule has 0 aromatic heterocycles. The van der Waals surface area contributed by atoms with Crippen LogP contribution in [0.5, 0.6) is 5.75 Å². The van der Waals surface area contributed by atoms with Crippen LogP contribution in [0.15, 0.2) is 54.6 Å². The minimum absolute atomic E-state index is 0.0343. The topological polar surface area (TPSA) is 50.4 Å². The lowest BCUT2D eigenvalue weighted by Gasteiger charge is -2.15. The van der Waals surface area contributed by atoms with Gasteiger partial charge in [0.1, 0.15) is 11.6 Å². The molecular formula is C19H23FN2O2. The van der Waals surface area contributed by atoms with Crippen molar-refractivity contribution >= 4 is 6.03 Å². The molecular weight excluding hydrogens is 307 g/mol. The van der Waals surface area contributed by atoms with Crippen LogP contribution in [0.2, 0.25) is 0 Å². The van der Waals surface area contributed by atoms with E-state index in [1.807, 2.05) is 37.3 Å². The van der Waals surface area contributed by atoms with Gasteiger partial charge < -0.3 is 15.4 Å². The number of carbonyl (C=O) groups is 1. The molecule has 0 saturated heterocycles. The molecule has 1 unspecified atom stereocenters. The fraction of sp³-hybridized carbons (Fsp3) is 0.316. The number of urea groups is 1. The van der Waals surface area contributed by atoms with Gasteiger partial charge in [-0.05, 0) is 49.6 Å². The molecule has 24 heavy (non-hydrogen) atoms. The SMILES string of the molecule is CC(NC(=O)NCCCCOc1ccc(F)cc1)c1ccccc1. The third kappa shape index (κ3) is 6.28. The smallest absolute Gasteiger partial charge is 0.315 e. The fourth-order valence-corrected chi connectivity index (χ4v) is 2.22. The zero-order valence-corrected chi connectivity index (χ0v) is 13.8. The number of amides is 2. The van der Waals surface area contributed by atoms with Crippen molar-refractivity contribution in [2.75, 3.05) is 13.2 Å². The summed E-state index contributed by atoms with van der Waals surface area (Å²) < 4.78 is 18.2. The molecule has 0 saturated carbocycles. The summed E-state index contributed by atoms with van der Waals surface area (Å²) >= 11 is 0. The monoisotopic (exact) mass is 330 g/mol. The first-order valence-electron chi connectivity index (χ1n) is 8.13. The van der Waals surface area contributed by atoms with E-state index in [0.717, 1.165) is 18.4 Å². The summed E-state index contributed by atoms with van der Waals surface area (Å²) in [7, 11) is 0. The predicted octanol–water partition coefficient (Wildman–Crippen LogP) is 4.05. The van der Waals surface area contributed by atoms with Crippen molar-refractivity contribution in [1.29, 1.82) is 0 Å². The highest BCUT2D eigenvalue weighted by Crippen LogP contribution is 2.12. The number of rotatable bonds is 8. The second-order valence-electron chi connectivity index (χ2n) is 5.54. The Bertz CT molecular complexity index is 617. The first-order chi connectivity index (χ1) is 11.6. The lowest BCUT2D eigenvalue weighted by Crippen LogP contribution is -2.37. The zero-order chi connectivity index (χ0) is 17.2. The van der Waals surface area contributed by atoms with Crippen molar-refractivity contribution in [3.05, 3.63) is 66.0 Å². The Morgan fingerprint density at radius 3 is 2.50 bits per heavy atom. The molecule has 128 valence electrons. The number of halogens is 1. The van der Waals surface area contributed by atoms with Crippen LogP contribution >= 0.6 is 0 Å². The number of benzene rings is 2. The minimum atomic E-state index is -0.276. The number of hydrogen-bond donors (Lipinski definition) is 2. The van der Waals surface area contributed by atoms with Crippen LogP contribution in [0.3, 0.4) is 0 Å². The lowest BCUT2D eigenvalue weighted by atomic mass is 10.1. The van der Waals surface area contributed by atoms with Crippen LogP contribution in [0.1, 0.15) is 31.4 Å². The fourth-order valence-electron chi connectivity index (χ4n) is 2.22. The number of carbonyl (C=O) groups excluding carboxylic acids is 1. The average Bonchev–Trinajstić information content (AvgIpc) is 2.60. The van der Waals surface area contributed by atoms with E-state index in [1.165, 1.54) is 12.1 Å². The first-order valence-corrected chi connectivity index (χ1v) is 8.13. The second-order valence-corrected chi connectivity index (χ2v) is 5.54. The molecule has 0 heterocycles. The molecule has 0 aliphatic rings. The van der Waals surface area contributed by atoms with Crippen molar-refractivity contribution in [1.82, 2.24) is 10.6 Å². The van der Waals surface area contributed by atoms with Gasteiger partial charge in [0, 0.05) is 6.54 Å². The molecule has 2 aromatic rings. The first kappa shape index (κ1) is 17.8. The van der Waals surface area contributed by atoms with Crippen molar-refractivity contribution in [2.45, 2.75) is 25.8 Å². The van der Waals surface area contributed by atoms with E-state index in [-0.39, 0.29) is 17.9 Å². The number of unbranched alkanes of at least 4 members (excludes halogenated alkanes) is 1. The molecule has 2 aromatic carbocycles. The van der Waals surface area contributed by atoms with Gasteiger partial charge >= 0.3 is 6.03 Å². The molecule has 2 rings (SSSR count). The normalized spacial score (nSPS) is 11.6. The third-order valence-corrected chi connectivity index (χ3v) is 3.59. The van der Waals surface area contributed by atoms with E-state index in [0.29, 0.717) is 18.9 Å². The van der Waals surface area contributed by atoms with Gasteiger partial charge in [0.05, 0.1) is 12.6 Å². The Hall–Kier alpha value is -2.56. The molecule has 2 N–H and O–H groups in total. The molecule has 0 aliphatic heterocycles. The molecule has 0 radical (unpaired) electrons. The van der Waals surface area contributed by atoms with Gasteiger partial charge in [-0.1, -0.05) is 30.3 Å². The third-order valence-electron chi connectivity index (χ3n) is 3.59. The summed E-state index contributed by atoms with van der Waals surface area (Å²) in [5, 5.41) is 5.74. The van der Waals surface area contributed by atoms with Gasteiger partial charge in [-0.3, -0.25) is 0 Å². The maximum Gasteiger partial charge on any atom is 0.315 e. The predicted molar refractivity (Wildman–Crippen MR) is 92.5 cm³/mol. The summed E-state index contributed by atoms with van der Waals surface area (Å²) in [6, 6.07) is 15.6. The van der Waals surface area contributed by atoms with Crippen LogP contribution in [-0.2, 0) is 0 Å². The Balaban J connectivity index is 1.55.